The summed E-state index contributed by atoms with van der Waals surface area (Å²) in [5.41, 5.74) is -0.763. The van der Waals surface area contributed by atoms with Gasteiger partial charge in [-0.25, -0.2) is 0 Å². The predicted octanol–water partition coefficient (Wildman–Crippen LogP) is 3.16. The lowest BCUT2D eigenvalue weighted by Gasteiger charge is -2.46. The van der Waals surface area contributed by atoms with Gasteiger partial charge in [-0.1, -0.05) is 52.0 Å². The summed E-state index contributed by atoms with van der Waals surface area (Å²) in [6, 6.07) is 0. The summed E-state index contributed by atoms with van der Waals surface area (Å²) in [7, 11) is 0. The molecule has 0 bridgehead atoms. The fourth-order valence-electron chi connectivity index (χ4n) is 1.99. The Kier molecular flexibility index (Phi) is 2.91. The van der Waals surface area contributed by atoms with Crippen LogP contribution in [0, 0.1) is 17.3 Å². The van der Waals surface area contributed by atoms with Crippen molar-refractivity contribution >= 4 is 0 Å². The molecule has 14 heavy (non-hydrogen) atoms. The van der Waals surface area contributed by atoms with Gasteiger partial charge in [-0.2, -0.15) is 0 Å². The number of hydrogen-bond acceptors (Lipinski definition) is 1. The molecule has 1 nitrogen and oxygen atoms in total. The highest BCUT2D eigenvalue weighted by Crippen LogP contribution is 2.44. The van der Waals surface area contributed by atoms with Crippen molar-refractivity contribution in [2.75, 3.05) is 0 Å². The zero-order valence-corrected chi connectivity index (χ0v) is 9.91. The van der Waals surface area contributed by atoms with Gasteiger partial charge in [0.25, 0.3) is 0 Å². The van der Waals surface area contributed by atoms with Gasteiger partial charge >= 0.3 is 0 Å². The van der Waals surface area contributed by atoms with Crippen LogP contribution in [0.1, 0.15) is 34.6 Å². The molecular weight excluding hydrogens is 172 g/mol. The minimum absolute atomic E-state index is 0.120. The van der Waals surface area contributed by atoms with Gasteiger partial charge in [0.1, 0.15) is 0 Å². The minimum atomic E-state index is -0.642. The van der Waals surface area contributed by atoms with E-state index in [0.717, 1.165) is 0 Å². The average molecular weight is 194 g/mol. The SMILES string of the molecule is CC(C)C(C)(O)C(C)(C)C1C=CC=C1. The van der Waals surface area contributed by atoms with Crippen molar-refractivity contribution < 1.29 is 5.11 Å². The quantitative estimate of drug-likeness (QED) is 0.731. The Hall–Kier alpha value is -0.560. The van der Waals surface area contributed by atoms with Gasteiger partial charge in [0, 0.05) is 11.3 Å². The second-order valence-corrected chi connectivity index (χ2v) is 5.32. The maximum absolute atomic E-state index is 10.5. The average Bonchev–Trinajstić information content (AvgIpc) is 2.55. The second kappa shape index (κ2) is 3.54. The number of rotatable bonds is 3. The first-order valence-electron chi connectivity index (χ1n) is 5.37. The van der Waals surface area contributed by atoms with E-state index in [1.165, 1.54) is 0 Å². The molecule has 0 heterocycles. The molecule has 1 atom stereocenters. The Morgan fingerprint density at radius 3 is 1.86 bits per heavy atom. The standard InChI is InChI=1S/C13H22O/c1-10(2)13(5,14)12(3,4)11-8-6-7-9-11/h6-11,14H,1-5H3. The minimum Gasteiger partial charge on any atom is -0.389 e. The highest BCUT2D eigenvalue weighted by Gasteiger charge is 2.45. The molecule has 0 aromatic rings. The third-order valence-electron chi connectivity index (χ3n) is 4.01. The van der Waals surface area contributed by atoms with Crippen LogP contribution in [0.3, 0.4) is 0 Å². The lowest BCUT2D eigenvalue weighted by molar-refractivity contribution is -0.0986. The largest absolute Gasteiger partial charge is 0.389 e. The molecule has 0 saturated carbocycles. The smallest absolute Gasteiger partial charge is 0.0701 e. The van der Waals surface area contributed by atoms with E-state index in [0.29, 0.717) is 5.92 Å². The number of aliphatic hydroxyl groups is 1. The zero-order valence-electron chi connectivity index (χ0n) is 9.91. The fourth-order valence-corrected chi connectivity index (χ4v) is 1.99. The van der Waals surface area contributed by atoms with Crippen LogP contribution in [-0.2, 0) is 0 Å². The van der Waals surface area contributed by atoms with Crippen molar-refractivity contribution in [1.82, 2.24) is 0 Å². The molecule has 0 amide bonds. The van der Waals surface area contributed by atoms with E-state index in [4.69, 9.17) is 0 Å². The summed E-state index contributed by atoms with van der Waals surface area (Å²) in [4.78, 5) is 0. The molecule has 0 aromatic heterocycles. The van der Waals surface area contributed by atoms with Crippen LogP contribution < -0.4 is 0 Å². The summed E-state index contributed by atoms with van der Waals surface area (Å²) < 4.78 is 0. The third kappa shape index (κ3) is 1.66. The molecule has 1 aliphatic rings. The Bertz CT molecular complexity index is 244. The molecule has 0 radical (unpaired) electrons. The lowest BCUT2D eigenvalue weighted by atomic mass is 9.63. The third-order valence-corrected chi connectivity index (χ3v) is 4.01. The van der Waals surface area contributed by atoms with E-state index in [2.05, 4.69) is 52.0 Å². The maximum atomic E-state index is 10.5. The topological polar surface area (TPSA) is 20.2 Å². The first-order valence-corrected chi connectivity index (χ1v) is 5.37. The van der Waals surface area contributed by atoms with E-state index < -0.39 is 5.60 Å². The number of hydrogen-bond donors (Lipinski definition) is 1. The molecule has 0 aliphatic heterocycles. The van der Waals surface area contributed by atoms with Crippen molar-refractivity contribution in [2.24, 2.45) is 17.3 Å². The normalized spacial score (nSPS) is 21.9. The molecule has 1 unspecified atom stereocenters. The van der Waals surface area contributed by atoms with Gasteiger partial charge < -0.3 is 5.11 Å². The Labute approximate surface area is 87.5 Å². The highest BCUT2D eigenvalue weighted by molar-refractivity contribution is 5.22. The fraction of sp³-hybridized carbons (Fsp3) is 0.692. The maximum Gasteiger partial charge on any atom is 0.0701 e. The molecule has 0 fully saturated rings. The van der Waals surface area contributed by atoms with Gasteiger partial charge in [0.15, 0.2) is 0 Å². The van der Waals surface area contributed by atoms with E-state index in [-0.39, 0.29) is 11.3 Å². The Morgan fingerprint density at radius 2 is 1.50 bits per heavy atom. The van der Waals surface area contributed by atoms with Crippen LogP contribution in [0.5, 0.6) is 0 Å². The van der Waals surface area contributed by atoms with Gasteiger partial charge in [-0.15, -0.1) is 0 Å². The highest BCUT2D eigenvalue weighted by atomic mass is 16.3. The summed E-state index contributed by atoms with van der Waals surface area (Å²) in [5, 5.41) is 10.5. The first kappa shape index (κ1) is 11.5. The van der Waals surface area contributed by atoms with E-state index in [9.17, 15) is 5.11 Å². The van der Waals surface area contributed by atoms with Gasteiger partial charge in [0.2, 0.25) is 0 Å². The van der Waals surface area contributed by atoms with E-state index in [1.807, 2.05) is 6.92 Å². The summed E-state index contributed by atoms with van der Waals surface area (Å²) in [6.07, 6.45) is 8.44. The van der Waals surface area contributed by atoms with Crippen molar-refractivity contribution in [2.45, 2.75) is 40.2 Å². The van der Waals surface area contributed by atoms with Crippen LogP contribution in [0.15, 0.2) is 24.3 Å². The zero-order chi connectivity index (χ0) is 11.0. The monoisotopic (exact) mass is 194 g/mol. The van der Waals surface area contributed by atoms with Crippen LogP contribution in [-0.4, -0.2) is 10.7 Å². The molecule has 1 aliphatic carbocycles. The Morgan fingerprint density at radius 1 is 1.07 bits per heavy atom. The molecule has 0 spiro atoms. The van der Waals surface area contributed by atoms with Gasteiger partial charge in [-0.3, -0.25) is 0 Å². The van der Waals surface area contributed by atoms with Crippen LogP contribution in [0.25, 0.3) is 0 Å². The molecule has 1 heteroatoms. The molecule has 1 N–H and O–H groups in total. The summed E-state index contributed by atoms with van der Waals surface area (Å²) >= 11 is 0. The second-order valence-electron chi connectivity index (χ2n) is 5.32. The van der Waals surface area contributed by atoms with E-state index in [1.54, 1.807) is 0 Å². The molecular formula is C13H22O. The Balaban J connectivity index is 2.93. The first-order chi connectivity index (χ1) is 6.30. The van der Waals surface area contributed by atoms with E-state index >= 15 is 0 Å². The van der Waals surface area contributed by atoms with Gasteiger partial charge in [-0.05, 0) is 12.8 Å². The van der Waals surface area contributed by atoms with Gasteiger partial charge in [0.05, 0.1) is 5.60 Å². The number of allylic oxidation sites excluding steroid dienone is 4. The van der Waals surface area contributed by atoms with Crippen molar-refractivity contribution in [1.29, 1.82) is 0 Å². The van der Waals surface area contributed by atoms with Crippen molar-refractivity contribution in [3.05, 3.63) is 24.3 Å². The molecule has 0 aromatic carbocycles. The summed E-state index contributed by atoms with van der Waals surface area (Å²) in [5.74, 6) is 0.611. The molecule has 0 saturated heterocycles. The van der Waals surface area contributed by atoms with Crippen molar-refractivity contribution in [3.8, 4) is 0 Å². The van der Waals surface area contributed by atoms with Crippen LogP contribution in [0.2, 0.25) is 0 Å². The summed E-state index contributed by atoms with van der Waals surface area (Å²) in [6.45, 7) is 10.4. The van der Waals surface area contributed by atoms with Crippen molar-refractivity contribution in [3.63, 3.8) is 0 Å². The van der Waals surface area contributed by atoms with Crippen LogP contribution in [0.4, 0.5) is 0 Å². The lowest BCUT2D eigenvalue weighted by Crippen LogP contribution is -2.49. The molecule has 1 rings (SSSR count). The molecule has 80 valence electrons. The predicted molar refractivity (Wildman–Crippen MR) is 61.0 cm³/mol. The van der Waals surface area contributed by atoms with Crippen LogP contribution >= 0.6 is 0 Å².